The Kier molecular flexibility index (Phi) is 5.04. The Morgan fingerprint density at radius 2 is 1.85 bits per heavy atom. The summed E-state index contributed by atoms with van der Waals surface area (Å²) in [5, 5.41) is 3.31. The van der Waals surface area contributed by atoms with Gasteiger partial charge in [-0.05, 0) is 36.8 Å². The number of rotatable bonds is 5. The highest BCUT2D eigenvalue weighted by atomic mass is 35.5. The molecule has 136 valence electrons. The van der Waals surface area contributed by atoms with Gasteiger partial charge in [0.05, 0.1) is 16.1 Å². The molecule has 1 heterocycles. The molecule has 7 heteroatoms. The van der Waals surface area contributed by atoms with Crippen LogP contribution in [0.4, 0.5) is 5.69 Å². The Labute approximate surface area is 155 Å². The van der Waals surface area contributed by atoms with E-state index in [1.165, 1.54) is 0 Å². The molecule has 0 fully saturated rings. The number of imidazole rings is 1. The normalized spacial score (nSPS) is 12.2. The van der Waals surface area contributed by atoms with Gasteiger partial charge in [-0.25, -0.2) is 4.79 Å². The number of amides is 1. The van der Waals surface area contributed by atoms with Crippen LogP contribution in [0.2, 0.25) is 5.02 Å². The Balaban J connectivity index is 1.82. The highest BCUT2D eigenvalue weighted by Gasteiger charge is 2.20. The fourth-order valence-electron chi connectivity index (χ4n) is 2.82. The first kappa shape index (κ1) is 18.1. The van der Waals surface area contributed by atoms with E-state index < -0.39 is 6.10 Å². The monoisotopic (exact) mass is 373 g/mol. The van der Waals surface area contributed by atoms with Gasteiger partial charge in [0.25, 0.3) is 5.91 Å². The number of carbonyl (C=O) groups is 1. The van der Waals surface area contributed by atoms with Crippen LogP contribution in [0.25, 0.3) is 11.0 Å². The number of hydrogen-bond acceptors (Lipinski definition) is 3. The summed E-state index contributed by atoms with van der Waals surface area (Å²) in [5.74, 6) is 0.199. The van der Waals surface area contributed by atoms with Crippen molar-refractivity contribution in [3.8, 4) is 5.75 Å². The molecule has 0 aliphatic carbocycles. The van der Waals surface area contributed by atoms with Gasteiger partial charge in [0, 0.05) is 19.8 Å². The number of aryl methyl sites for hydroxylation is 2. The highest BCUT2D eigenvalue weighted by Crippen LogP contribution is 2.25. The van der Waals surface area contributed by atoms with Crippen molar-refractivity contribution in [1.82, 2.24) is 9.13 Å². The van der Waals surface area contributed by atoms with Crippen LogP contribution in [0.15, 0.2) is 47.3 Å². The van der Waals surface area contributed by atoms with E-state index in [1.807, 2.05) is 13.0 Å². The third-order valence-electron chi connectivity index (χ3n) is 4.31. The van der Waals surface area contributed by atoms with Crippen LogP contribution < -0.4 is 15.7 Å². The summed E-state index contributed by atoms with van der Waals surface area (Å²) in [6, 6.07) is 12.4. The maximum atomic E-state index is 12.6. The van der Waals surface area contributed by atoms with Gasteiger partial charge in [0.15, 0.2) is 6.10 Å². The quantitative estimate of drug-likeness (QED) is 0.746. The molecule has 6 nitrogen and oxygen atoms in total. The minimum Gasteiger partial charge on any atom is -0.479 e. The average Bonchev–Trinajstić information content (AvgIpc) is 2.85. The van der Waals surface area contributed by atoms with Crippen molar-refractivity contribution < 1.29 is 9.53 Å². The predicted molar refractivity (Wildman–Crippen MR) is 103 cm³/mol. The van der Waals surface area contributed by atoms with Crippen molar-refractivity contribution >= 4 is 34.2 Å². The minimum atomic E-state index is -0.676. The van der Waals surface area contributed by atoms with Crippen LogP contribution >= 0.6 is 11.6 Å². The lowest BCUT2D eigenvalue weighted by molar-refractivity contribution is -0.122. The number of fused-ring (bicyclic) bond motifs is 1. The fourth-order valence-corrected chi connectivity index (χ4v) is 3.00. The first-order valence-corrected chi connectivity index (χ1v) is 8.67. The molecule has 0 saturated heterocycles. The smallest absolute Gasteiger partial charge is 0.328 e. The fraction of sp³-hybridized carbons (Fsp3) is 0.263. The predicted octanol–water partition coefficient (Wildman–Crippen LogP) is 3.33. The number of nitrogens with one attached hydrogen (secondary N) is 1. The lowest BCUT2D eigenvalue weighted by Gasteiger charge is -2.18. The average molecular weight is 374 g/mol. The molecule has 1 atom stereocenters. The molecule has 1 N–H and O–H groups in total. The second-order valence-corrected chi connectivity index (χ2v) is 6.45. The van der Waals surface area contributed by atoms with Gasteiger partial charge in [0.2, 0.25) is 0 Å². The maximum absolute atomic E-state index is 12.6. The van der Waals surface area contributed by atoms with Gasteiger partial charge in [-0.2, -0.15) is 0 Å². The molecule has 0 saturated carbocycles. The molecular weight excluding hydrogens is 354 g/mol. The number of nitrogens with zero attached hydrogens (tertiary/aromatic N) is 2. The standard InChI is InChI=1S/C19H20ClN3O3/c1-4-16(26-17-8-6-5-7-13(17)20)18(24)21-12-9-10-14-15(11-12)23(3)19(25)22(14)2/h5-11,16H,4H2,1-3H3,(H,21,24)/t16-/m1/s1. The summed E-state index contributed by atoms with van der Waals surface area (Å²) < 4.78 is 8.87. The maximum Gasteiger partial charge on any atom is 0.328 e. The third kappa shape index (κ3) is 3.32. The molecule has 2 aromatic carbocycles. The number of para-hydroxylation sites is 1. The van der Waals surface area contributed by atoms with Crippen LogP contribution in [-0.4, -0.2) is 21.1 Å². The number of carbonyl (C=O) groups excluding carboxylic acids is 1. The largest absolute Gasteiger partial charge is 0.479 e. The van der Waals surface area contributed by atoms with Crippen LogP contribution in [0.1, 0.15) is 13.3 Å². The molecule has 3 rings (SSSR count). The molecule has 26 heavy (non-hydrogen) atoms. The summed E-state index contributed by atoms with van der Waals surface area (Å²) in [5.41, 5.74) is 2.03. The Hall–Kier alpha value is -2.73. The molecule has 3 aromatic rings. The van der Waals surface area contributed by atoms with E-state index in [0.717, 1.165) is 11.0 Å². The summed E-state index contributed by atoms with van der Waals surface area (Å²) in [7, 11) is 3.42. The Morgan fingerprint density at radius 1 is 1.15 bits per heavy atom. The first-order chi connectivity index (χ1) is 12.4. The molecular formula is C19H20ClN3O3. The number of benzene rings is 2. The second-order valence-electron chi connectivity index (χ2n) is 6.04. The van der Waals surface area contributed by atoms with Gasteiger partial charge < -0.3 is 10.1 Å². The Bertz CT molecular complexity index is 1020. The van der Waals surface area contributed by atoms with Crippen LogP contribution in [0, 0.1) is 0 Å². The van der Waals surface area contributed by atoms with E-state index in [9.17, 15) is 9.59 Å². The zero-order valence-corrected chi connectivity index (χ0v) is 15.6. The third-order valence-corrected chi connectivity index (χ3v) is 4.62. The van der Waals surface area contributed by atoms with Crippen molar-refractivity contribution in [3.05, 3.63) is 58.0 Å². The molecule has 0 bridgehead atoms. The SMILES string of the molecule is CC[C@@H](Oc1ccccc1Cl)C(=O)Nc1ccc2c(c1)n(C)c(=O)n2C. The van der Waals surface area contributed by atoms with Crippen molar-refractivity contribution in [2.75, 3.05) is 5.32 Å². The summed E-state index contributed by atoms with van der Waals surface area (Å²) in [6.07, 6.45) is -0.187. The summed E-state index contributed by atoms with van der Waals surface area (Å²) >= 11 is 6.10. The van der Waals surface area contributed by atoms with E-state index in [2.05, 4.69) is 5.32 Å². The first-order valence-electron chi connectivity index (χ1n) is 8.30. The van der Waals surface area contributed by atoms with Gasteiger partial charge in [-0.1, -0.05) is 30.7 Å². The lowest BCUT2D eigenvalue weighted by Crippen LogP contribution is -2.32. The van der Waals surface area contributed by atoms with Crippen LogP contribution in [-0.2, 0) is 18.9 Å². The molecule has 0 spiro atoms. The zero-order chi connectivity index (χ0) is 18.8. The number of anilines is 1. The number of aromatic nitrogens is 2. The summed E-state index contributed by atoms with van der Waals surface area (Å²) in [4.78, 5) is 24.6. The highest BCUT2D eigenvalue weighted by molar-refractivity contribution is 6.32. The number of halogens is 1. The van der Waals surface area contributed by atoms with Gasteiger partial charge in [-0.15, -0.1) is 0 Å². The zero-order valence-electron chi connectivity index (χ0n) is 14.8. The van der Waals surface area contributed by atoms with E-state index in [0.29, 0.717) is 22.9 Å². The van der Waals surface area contributed by atoms with E-state index in [1.54, 1.807) is 59.6 Å². The number of hydrogen-bond donors (Lipinski definition) is 1. The van der Waals surface area contributed by atoms with Crippen molar-refractivity contribution in [3.63, 3.8) is 0 Å². The topological polar surface area (TPSA) is 65.3 Å². The van der Waals surface area contributed by atoms with Gasteiger partial charge in [0.1, 0.15) is 5.75 Å². The van der Waals surface area contributed by atoms with Crippen LogP contribution in [0.3, 0.4) is 0 Å². The minimum absolute atomic E-state index is 0.114. The van der Waals surface area contributed by atoms with Crippen molar-refractivity contribution in [1.29, 1.82) is 0 Å². The van der Waals surface area contributed by atoms with Crippen LogP contribution in [0.5, 0.6) is 5.75 Å². The molecule has 1 amide bonds. The summed E-state index contributed by atoms with van der Waals surface area (Å²) in [6.45, 7) is 1.87. The van der Waals surface area contributed by atoms with E-state index >= 15 is 0 Å². The lowest BCUT2D eigenvalue weighted by atomic mass is 10.2. The van der Waals surface area contributed by atoms with Crippen molar-refractivity contribution in [2.24, 2.45) is 14.1 Å². The van der Waals surface area contributed by atoms with Gasteiger partial charge in [-0.3, -0.25) is 13.9 Å². The second kappa shape index (κ2) is 7.25. The molecule has 0 unspecified atom stereocenters. The molecule has 1 aromatic heterocycles. The Morgan fingerprint density at radius 3 is 2.54 bits per heavy atom. The molecule has 0 aliphatic rings. The molecule has 0 aliphatic heterocycles. The van der Waals surface area contributed by atoms with Crippen molar-refractivity contribution in [2.45, 2.75) is 19.4 Å². The van der Waals surface area contributed by atoms with E-state index in [4.69, 9.17) is 16.3 Å². The van der Waals surface area contributed by atoms with Gasteiger partial charge >= 0.3 is 5.69 Å². The molecule has 0 radical (unpaired) electrons. The van der Waals surface area contributed by atoms with E-state index in [-0.39, 0.29) is 11.6 Å². The number of ether oxygens (including phenoxy) is 1.